The maximum absolute atomic E-state index is 12.7. The molecule has 1 saturated heterocycles. The summed E-state index contributed by atoms with van der Waals surface area (Å²) < 4.78 is 11.4. The highest BCUT2D eigenvalue weighted by Crippen LogP contribution is 2.30. The summed E-state index contributed by atoms with van der Waals surface area (Å²) in [5.41, 5.74) is 0.868. The van der Waals surface area contributed by atoms with Crippen molar-refractivity contribution >= 4 is 17.5 Å². The number of hydrogen-bond acceptors (Lipinski definition) is 6. The number of aromatic nitrogens is 2. The highest BCUT2D eigenvalue weighted by molar-refractivity contribution is 6.31. The highest BCUT2D eigenvalue weighted by atomic mass is 35.5. The smallest absolute Gasteiger partial charge is 0.249 e. The Kier molecular flexibility index (Phi) is 6.82. The summed E-state index contributed by atoms with van der Waals surface area (Å²) >= 11 is 6.12. The molecular formula is C19H25ClN4O3. The molecule has 7 nitrogen and oxygen atoms in total. The van der Waals surface area contributed by atoms with Crippen molar-refractivity contribution in [3.05, 3.63) is 46.6 Å². The van der Waals surface area contributed by atoms with Crippen LogP contribution in [-0.2, 0) is 22.7 Å². The molecule has 1 atom stereocenters. The molecule has 0 N–H and O–H groups in total. The largest absolute Gasteiger partial charge is 0.422 e. The molecule has 146 valence electrons. The van der Waals surface area contributed by atoms with Crippen molar-refractivity contribution < 1.29 is 13.9 Å². The summed E-state index contributed by atoms with van der Waals surface area (Å²) in [7, 11) is 3.88. The van der Waals surface area contributed by atoms with Gasteiger partial charge in [-0.15, -0.1) is 10.2 Å². The molecular weight excluding hydrogens is 368 g/mol. The first kappa shape index (κ1) is 19.8. The monoisotopic (exact) mass is 392 g/mol. The highest BCUT2D eigenvalue weighted by Gasteiger charge is 2.32. The molecule has 1 aliphatic rings. The Morgan fingerprint density at radius 1 is 1.33 bits per heavy atom. The molecule has 3 rings (SSSR count). The topological polar surface area (TPSA) is 71.7 Å². The molecule has 0 spiro atoms. The first-order valence-corrected chi connectivity index (χ1v) is 9.50. The average Bonchev–Trinajstić information content (AvgIpc) is 3.11. The number of carbonyl (C=O) groups is 1. The minimum absolute atomic E-state index is 0.000412. The molecule has 0 unspecified atom stereocenters. The third-order valence-electron chi connectivity index (χ3n) is 4.48. The van der Waals surface area contributed by atoms with Gasteiger partial charge in [-0.05, 0) is 45.0 Å². The molecule has 2 heterocycles. The van der Waals surface area contributed by atoms with Gasteiger partial charge in [0.05, 0.1) is 13.2 Å². The Hall–Kier alpha value is -1.96. The van der Waals surface area contributed by atoms with Crippen LogP contribution in [0.1, 0.15) is 42.6 Å². The third-order valence-corrected chi connectivity index (χ3v) is 4.85. The first-order valence-electron chi connectivity index (χ1n) is 9.12. The molecule has 1 aromatic heterocycles. The zero-order chi connectivity index (χ0) is 19.2. The van der Waals surface area contributed by atoms with Gasteiger partial charge in [0.15, 0.2) is 0 Å². The van der Waals surface area contributed by atoms with E-state index in [1.807, 2.05) is 43.3 Å². The van der Waals surface area contributed by atoms with Gasteiger partial charge in [0.25, 0.3) is 0 Å². The van der Waals surface area contributed by atoms with Crippen LogP contribution < -0.4 is 0 Å². The summed E-state index contributed by atoms with van der Waals surface area (Å²) in [6.45, 7) is 1.55. The van der Waals surface area contributed by atoms with Gasteiger partial charge in [0.1, 0.15) is 12.6 Å². The lowest BCUT2D eigenvalue weighted by Gasteiger charge is -2.33. The quantitative estimate of drug-likeness (QED) is 0.721. The van der Waals surface area contributed by atoms with E-state index < -0.39 is 0 Å². The number of hydrogen-bond donors (Lipinski definition) is 0. The summed E-state index contributed by atoms with van der Waals surface area (Å²) in [5.74, 6) is 0.994. The summed E-state index contributed by atoms with van der Waals surface area (Å²) in [5, 5.41) is 8.90. The number of halogens is 1. The van der Waals surface area contributed by atoms with Gasteiger partial charge in [-0.3, -0.25) is 4.79 Å². The Labute approximate surface area is 164 Å². The van der Waals surface area contributed by atoms with Crippen molar-refractivity contribution in [2.45, 2.75) is 38.5 Å². The molecule has 1 aliphatic heterocycles. The fraction of sp³-hybridized carbons (Fsp3) is 0.526. The number of benzene rings is 1. The third kappa shape index (κ3) is 5.28. The van der Waals surface area contributed by atoms with Crippen LogP contribution in [-0.4, -0.2) is 53.2 Å². The predicted octanol–water partition coefficient (Wildman–Crippen LogP) is 3.06. The second-order valence-corrected chi connectivity index (χ2v) is 7.36. The van der Waals surface area contributed by atoms with Gasteiger partial charge in [0.2, 0.25) is 17.7 Å². The molecule has 0 bridgehead atoms. The minimum Gasteiger partial charge on any atom is -0.422 e. The molecule has 1 aromatic carbocycles. The van der Waals surface area contributed by atoms with Crippen molar-refractivity contribution in [1.82, 2.24) is 20.0 Å². The predicted molar refractivity (Wildman–Crippen MR) is 101 cm³/mol. The summed E-state index contributed by atoms with van der Waals surface area (Å²) in [4.78, 5) is 16.5. The number of ether oxygens (including phenoxy) is 1. The molecule has 8 heteroatoms. The Morgan fingerprint density at radius 2 is 2.15 bits per heavy atom. The zero-order valence-corrected chi connectivity index (χ0v) is 16.5. The first-order chi connectivity index (χ1) is 13.0. The Morgan fingerprint density at radius 3 is 2.93 bits per heavy atom. The van der Waals surface area contributed by atoms with Gasteiger partial charge < -0.3 is 19.0 Å². The standard InChI is InChI=1S/C19H25ClN4O3/c1-23(2)11-17-21-22-19(27-17)16-9-5-6-10-24(16)18(25)13-26-12-14-7-3-4-8-15(14)20/h3-4,7-8,16H,5-6,9-13H2,1-2H3/t16-/m1/s1. The number of carbonyl (C=O) groups excluding carboxylic acids is 1. The van der Waals surface area contributed by atoms with Gasteiger partial charge in [-0.2, -0.15) is 0 Å². The number of rotatable bonds is 7. The maximum atomic E-state index is 12.7. The van der Waals surface area contributed by atoms with Crippen molar-refractivity contribution in [3.8, 4) is 0 Å². The van der Waals surface area contributed by atoms with Crippen LogP contribution in [0.4, 0.5) is 0 Å². The molecule has 0 radical (unpaired) electrons. The van der Waals surface area contributed by atoms with Crippen molar-refractivity contribution in [2.24, 2.45) is 0 Å². The van der Waals surface area contributed by atoms with E-state index >= 15 is 0 Å². The Bertz CT molecular complexity index is 765. The van der Waals surface area contributed by atoms with Gasteiger partial charge in [0, 0.05) is 11.6 Å². The lowest BCUT2D eigenvalue weighted by Crippen LogP contribution is -2.40. The van der Waals surface area contributed by atoms with E-state index in [9.17, 15) is 4.79 Å². The van der Waals surface area contributed by atoms with Crippen LogP contribution in [0.5, 0.6) is 0 Å². The van der Waals surface area contributed by atoms with E-state index in [2.05, 4.69) is 10.2 Å². The second-order valence-electron chi connectivity index (χ2n) is 6.95. The molecule has 0 saturated carbocycles. The molecule has 0 aliphatic carbocycles. The van der Waals surface area contributed by atoms with Crippen LogP contribution in [0.2, 0.25) is 5.02 Å². The fourth-order valence-electron chi connectivity index (χ4n) is 3.17. The van der Waals surface area contributed by atoms with Gasteiger partial charge in [-0.25, -0.2) is 0 Å². The number of nitrogens with zero attached hydrogens (tertiary/aromatic N) is 4. The number of amides is 1. The molecule has 1 amide bonds. The Balaban J connectivity index is 1.60. The number of piperidine rings is 1. The van der Waals surface area contributed by atoms with Crippen LogP contribution in [0.15, 0.2) is 28.7 Å². The molecule has 1 fully saturated rings. The van der Waals surface area contributed by atoms with E-state index in [4.69, 9.17) is 20.8 Å². The van der Waals surface area contributed by atoms with E-state index in [1.54, 1.807) is 4.90 Å². The summed E-state index contributed by atoms with van der Waals surface area (Å²) in [6, 6.07) is 7.28. The normalized spacial score (nSPS) is 17.5. The van der Waals surface area contributed by atoms with E-state index in [-0.39, 0.29) is 18.6 Å². The number of likely N-dealkylation sites (tertiary alicyclic amines) is 1. The molecule has 2 aromatic rings. The van der Waals surface area contributed by atoms with Crippen molar-refractivity contribution in [3.63, 3.8) is 0 Å². The maximum Gasteiger partial charge on any atom is 0.249 e. The lowest BCUT2D eigenvalue weighted by atomic mass is 10.0. The summed E-state index contributed by atoms with van der Waals surface area (Å²) in [6.07, 6.45) is 2.81. The van der Waals surface area contributed by atoms with Crippen LogP contribution in [0.25, 0.3) is 0 Å². The second kappa shape index (κ2) is 9.30. The zero-order valence-electron chi connectivity index (χ0n) is 15.7. The van der Waals surface area contributed by atoms with E-state index in [0.29, 0.717) is 36.5 Å². The van der Waals surface area contributed by atoms with Crippen LogP contribution in [0, 0.1) is 0 Å². The lowest BCUT2D eigenvalue weighted by molar-refractivity contribution is -0.141. The minimum atomic E-state index is -0.182. The van der Waals surface area contributed by atoms with Gasteiger partial charge >= 0.3 is 0 Å². The van der Waals surface area contributed by atoms with E-state index in [1.165, 1.54) is 0 Å². The molecule has 27 heavy (non-hydrogen) atoms. The van der Waals surface area contributed by atoms with E-state index in [0.717, 1.165) is 24.8 Å². The fourth-order valence-corrected chi connectivity index (χ4v) is 3.36. The SMILES string of the molecule is CN(C)Cc1nnc([C@H]2CCCCN2C(=O)COCc2ccccc2Cl)o1. The van der Waals surface area contributed by atoms with Gasteiger partial charge in [-0.1, -0.05) is 29.8 Å². The van der Waals surface area contributed by atoms with Crippen LogP contribution >= 0.6 is 11.6 Å². The van der Waals surface area contributed by atoms with Crippen molar-refractivity contribution in [1.29, 1.82) is 0 Å². The van der Waals surface area contributed by atoms with Crippen molar-refractivity contribution in [2.75, 3.05) is 27.2 Å². The average molecular weight is 393 g/mol. The van der Waals surface area contributed by atoms with Crippen LogP contribution in [0.3, 0.4) is 0 Å².